The molecule has 0 saturated heterocycles. The highest BCUT2D eigenvalue weighted by Gasteiger charge is 2.19. The van der Waals surface area contributed by atoms with Crippen molar-refractivity contribution in [2.75, 3.05) is 13.2 Å². The monoisotopic (exact) mass is 915 g/mol. The molecule has 0 aromatic rings. The summed E-state index contributed by atoms with van der Waals surface area (Å²) in [5.41, 5.74) is 0. The molecular weight excluding hydrogens is 805 g/mol. The predicted octanol–water partition coefficient (Wildman–Crippen LogP) is 19.1. The predicted molar refractivity (Wildman–Crippen MR) is 279 cm³/mol. The molecule has 0 aliphatic heterocycles. The van der Waals surface area contributed by atoms with E-state index in [-0.39, 0.29) is 31.1 Å². The molecule has 0 aromatic carbocycles. The molecule has 0 aromatic heterocycles. The van der Waals surface area contributed by atoms with Crippen molar-refractivity contribution in [3.63, 3.8) is 0 Å². The zero-order valence-corrected chi connectivity index (χ0v) is 43.8. The Morgan fingerprint density at radius 1 is 0.292 bits per heavy atom. The number of unbranched alkanes of at least 4 members (excludes halogenated alkanes) is 38. The molecule has 0 fully saturated rings. The van der Waals surface area contributed by atoms with Crippen LogP contribution in [-0.2, 0) is 28.6 Å². The Kier molecular flexibility index (Phi) is 52.7. The Bertz CT molecular complexity index is 1050. The first-order valence-electron chi connectivity index (χ1n) is 28.8. The van der Waals surface area contributed by atoms with Crippen molar-refractivity contribution in [1.82, 2.24) is 0 Å². The van der Waals surface area contributed by atoms with Gasteiger partial charge in [-0.25, -0.2) is 0 Å². The number of carbonyl (C=O) groups excluding carboxylic acids is 3. The van der Waals surface area contributed by atoms with Crippen LogP contribution in [0.1, 0.15) is 316 Å². The van der Waals surface area contributed by atoms with Crippen molar-refractivity contribution >= 4 is 17.9 Å². The summed E-state index contributed by atoms with van der Waals surface area (Å²) in [6, 6.07) is 0. The van der Waals surface area contributed by atoms with Gasteiger partial charge in [-0.15, -0.1) is 0 Å². The van der Waals surface area contributed by atoms with Gasteiger partial charge in [-0.05, 0) is 70.6 Å². The standard InChI is InChI=1S/C59H110O6/c1-4-7-10-13-16-19-22-25-28-30-32-34-37-40-43-46-49-52-58(61)64-55-56(54-63-57(60)51-48-45-42-39-36-33-27-24-21-18-15-12-9-6-3)65-59(62)53-50-47-44-41-38-35-31-29-26-23-20-17-14-11-8-5-2/h25,28,33,36,56H,4-24,26-27,29-32,34-35,37-55H2,1-3H3/b28-25-,36-33-. The van der Waals surface area contributed by atoms with E-state index in [1.807, 2.05) is 0 Å². The van der Waals surface area contributed by atoms with E-state index in [2.05, 4.69) is 45.1 Å². The SMILES string of the molecule is CCCCCCCC/C=C\CCCCCCCCCC(=O)OCC(COC(=O)CCCCC/C=C\CCCCCCCCC)OC(=O)CCCCCCCCCCCCCCCCCC. The van der Waals surface area contributed by atoms with Crippen LogP contribution in [0.25, 0.3) is 0 Å². The highest BCUT2D eigenvalue weighted by molar-refractivity contribution is 5.71. The van der Waals surface area contributed by atoms with Gasteiger partial charge in [0.25, 0.3) is 0 Å². The fraction of sp³-hybridized carbons (Fsp3) is 0.881. The minimum atomic E-state index is -0.775. The molecule has 0 bridgehead atoms. The van der Waals surface area contributed by atoms with Crippen LogP contribution >= 0.6 is 0 Å². The Morgan fingerprint density at radius 2 is 0.508 bits per heavy atom. The van der Waals surface area contributed by atoms with Crippen LogP contribution in [-0.4, -0.2) is 37.2 Å². The van der Waals surface area contributed by atoms with Crippen LogP contribution in [0.5, 0.6) is 0 Å². The van der Waals surface area contributed by atoms with Crippen molar-refractivity contribution in [2.24, 2.45) is 0 Å². The van der Waals surface area contributed by atoms with Gasteiger partial charge in [-0.2, -0.15) is 0 Å². The summed E-state index contributed by atoms with van der Waals surface area (Å²) in [5, 5.41) is 0. The topological polar surface area (TPSA) is 78.9 Å². The fourth-order valence-electron chi connectivity index (χ4n) is 8.55. The van der Waals surface area contributed by atoms with Crippen LogP contribution < -0.4 is 0 Å². The second-order valence-corrected chi connectivity index (χ2v) is 19.6. The van der Waals surface area contributed by atoms with E-state index in [9.17, 15) is 14.4 Å². The molecule has 0 heterocycles. The molecule has 0 aliphatic rings. The number of hydrogen-bond donors (Lipinski definition) is 0. The molecule has 0 radical (unpaired) electrons. The quantitative estimate of drug-likeness (QED) is 0.0262. The molecule has 1 unspecified atom stereocenters. The molecule has 0 aliphatic carbocycles. The third-order valence-electron chi connectivity index (χ3n) is 12.9. The lowest BCUT2D eigenvalue weighted by Gasteiger charge is -2.18. The van der Waals surface area contributed by atoms with Crippen LogP contribution in [0, 0.1) is 0 Å². The maximum atomic E-state index is 12.8. The van der Waals surface area contributed by atoms with Crippen molar-refractivity contribution in [3.8, 4) is 0 Å². The number of esters is 3. The Labute approximate surface area is 404 Å². The molecular formula is C59H110O6. The molecule has 0 spiro atoms. The zero-order chi connectivity index (χ0) is 47.2. The second kappa shape index (κ2) is 54.5. The number of ether oxygens (including phenoxy) is 3. The van der Waals surface area contributed by atoms with Crippen LogP contribution in [0.2, 0.25) is 0 Å². The largest absolute Gasteiger partial charge is 0.462 e. The maximum absolute atomic E-state index is 12.8. The molecule has 65 heavy (non-hydrogen) atoms. The number of carbonyl (C=O) groups is 3. The summed E-state index contributed by atoms with van der Waals surface area (Å²) in [4.78, 5) is 38.1. The minimum absolute atomic E-state index is 0.0740. The average Bonchev–Trinajstić information content (AvgIpc) is 3.30. The summed E-state index contributed by atoms with van der Waals surface area (Å²) in [6.07, 6.45) is 63.1. The lowest BCUT2D eigenvalue weighted by Crippen LogP contribution is -2.30. The first-order valence-corrected chi connectivity index (χ1v) is 28.8. The number of rotatable bonds is 53. The molecule has 6 heteroatoms. The van der Waals surface area contributed by atoms with E-state index >= 15 is 0 Å². The van der Waals surface area contributed by atoms with E-state index in [1.54, 1.807) is 0 Å². The Morgan fingerprint density at radius 3 is 0.785 bits per heavy atom. The molecule has 0 N–H and O–H groups in total. The normalized spacial score (nSPS) is 12.1. The lowest BCUT2D eigenvalue weighted by atomic mass is 10.0. The van der Waals surface area contributed by atoms with Gasteiger partial charge in [0, 0.05) is 19.3 Å². The third-order valence-corrected chi connectivity index (χ3v) is 12.9. The van der Waals surface area contributed by atoms with Crippen molar-refractivity contribution in [2.45, 2.75) is 322 Å². The highest BCUT2D eigenvalue weighted by Crippen LogP contribution is 2.16. The molecule has 382 valence electrons. The van der Waals surface area contributed by atoms with Gasteiger partial charge in [-0.3, -0.25) is 14.4 Å². The Balaban J connectivity index is 4.35. The Hall–Kier alpha value is -2.11. The van der Waals surface area contributed by atoms with E-state index in [4.69, 9.17) is 14.2 Å². The lowest BCUT2D eigenvalue weighted by molar-refractivity contribution is -0.167. The first-order chi connectivity index (χ1) is 32.0. The maximum Gasteiger partial charge on any atom is 0.306 e. The summed E-state index contributed by atoms with van der Waals surface area (Å²) < 4.78 is 16.9. The zero-order valence-electron chi connectivity index (χ0n) is 43.8. The van der Waals surface area contributed by atoms with Crippen molar-refractivity contribution in [3.05, 3.63) is 24.3 Å². The summed E-state index contributed by atoms with van der Waals surface area (Å²) >= 11 is 0. The van der Waals surface area contributed by atoms with E-state index < -0.39 is 6.10 Å². The van der Waals surface area contributed by atoms with Gasteiger partial charge in [0.05, 0.1) is 0 Å². The van der Waals surface area contributed by atoms with Crippen LogP contribution in [0.15, 0.2) is 24.3 Å². The van der Waals surface area contributed by atoms with Gasteiger partial charge in [0.15, 0.2) is 6.10 Å². The number of hydrogen-bond acceptors (Lipinski definition) is 6. The highest BCUT2D eigenvalue weighted by atomic mass is 16.6. The summed E-state index contributed by atoms with van der Waals surface area (Å²) in [6.45, 7) is 6.66. The molecule has 0 rings (SSSR count). The van der Waals surface area contributed by atoms with Gasteiger partial charge in [0.1, 0.15) is 13.2 Å². The van der Waals surface area contributed by atoms with E-state index in [0.717, 1.165) is 64.2 Å². The molecule has 1 atom stereocenters. The van der Waals surface area contributed by atoms with Crippen molar-refractivity contribution < 1.29 is 28.6 Å². The van der Waals surface area contributed by atoms with Crippen LogP contribution in [0.4, 0.5) is 0 Å². The second-order valence-electron chi connectivity index (χ2n) is 19.6. The minimum Gasteiger partial charge on any atom is -0.462 e. The van der Waals surface area contributed by atoms with Crippen molar-refractivity contribution in [1.29, 1.82) is 0 Å². The summed E-state index contributed by atoms with van der Waals surface area (Å²) in [7, 11) is 0. The number of allylic oxidation sites excluding steroid dienone is 4. The molecule has 0 saturated carbocycles. The summed E-state index contributed by atoms with van der Waals surface area (Å²) in [5.74, 6) is -0.874. The molecule has 6 nitrogen and oxygen atoms in total. The molecule has 0 amide bonds. The third kappa shape index (κ3) is 52.7. The smallest absolute Gasteiger partial charge is 0.306 e. The van der Waals surface area contributed by atoms with Crippen LogP contribution in [0.3, 0.4) is 0 Å². The first kappa shape index (κ1) is 62.9. The van der Waals surface area contributed by atoms with E-state index in [1.165, 1.54) is 212 Å². The van der Waals surface area contributed by atoms with Gasteiger partial charge in [-0.1, -0.05) is 251 Å². The van der Waals surface area contributed by atoms with E-state index in [0.29, 0.717) is 19.3 Å². The van der Waals surface area contributed by atoms with Gasteiger partial charge >= 0.3 is 17.9 Å². The van der Waals surface area contributed by atoms with Gasteiger partial charge < -0.3 is 14.2 Å². The average molecular weight is 916 g/mol. The van der Waals surface area contributed by atoms with Gasteiger partial charge in [0.2, 0.25) is 0 Å². The fourth-order valence-corrected chi connectivity index (χ4v) is 8.55.